The van der Waals surface area contributed by atoms with Gasteiger partial charge in [-0.15, -0.1) is 0 Å². The van der Waals surface area contributed by atoms with Gasteiger partial charge in [0.25, 0.3) is 11.4 Å². The fourth-order valence-corrected chi connectivity index (χ4v) is 5.77. The van der Waals surface area contributed by atoms with Gasteiger partial charge in [-0.25, -0.2) is 9.78 Å². The molecule has 3 rings (SSSR count). The molecule has 1 fully saturated rings. The first-order chi connectivity index (χ1) is 21.6. The number of aliphatic hydroxyl groups is 2. The Balaban J connectivity index is 1.96. The summed E-state index contributed by atoms with van der Waals surface area (Å²) in [5.74, 6) is -0.323. The summed E-state index contributed by atoms with van der Waals surface area (Å²) in [7, 11) is 0. The number of benzene rings is 1. The third-order valence-electron chi connectivity index (χ3n) is 7.92. The number of imidazole rings is 1. The summed E-state index contributed by atoms with van der Waals surface area (Å²) in [6, 6.07) is 1.07. The molecule has 1 aromatic carbocycles. The van der Waals surface area contributed by atoms with Crippen molar-refractivity contribution in [1.29, 1.82) is 0 Å². The molecule has 0 aliphatic heterocycles. The molecule has 254 valence electrons. The summed E-state index contributed by atoms with van der Waals surface area (Å²) in [5.41, 5.74) is -1.65. The Morgan fingerprint density at radius 2 is 1.76 bits per heavy atom. The van der Waals surface area contributed by atoms with Crippen LogP contribution in [-0.2, 0) is 16.0 Å². The van der Waals surface area contributed by atoms with Crippen LogP contribution in [0.25, 0.3) is 5.69 Å². The first-order valence-corrected chi connectivity index (χ1v) is 15.7. The monoisotopic (exact) mass is 646 g/mol. The third-order valence-corrected chi connectivity index (χ3v) is 7.92. The lowest BCUT2D eigenvalue weighted by atomic mass is 9.82. The van der Waals surface area contributed by atoms with E-state index in [4.69, 9.17) is 4.74 Å². The van der Waals surface area contributed by atoms with Gasteiger partial charge in [0.05, 0.1) is 34.4 Å². The molecule has 1 saturated carbocycles. The van der Waals surface area contributed by atoms with Crippen molar-refractivity contribution in [2.45, 2.75) is 116 Å². The molecule has 1 heterocycles. The second-order valence-electron chi connectivity index (χ2n) is 13.4. The van der Waals surface area contributed by atoms with E-state index < -0.39 is 63.1 Å². The maximum Gasteiger partial charge on any atom is 0.408 e. The Kier molecular flexibility index (Phi) is 12.6. The maximum atomic E-state index is 13.9. The molecule has 0 spiro atoms. The van der Waals surface area contributed by atoms with E-state index in [0.717, 1.165) is 44.2 Å². The van der Waals surface area contributed by atoms with E-state index in [2.05, 4.69) is 15.6 Å². The number of alkyl carbamates (subject to hydrolysis) is 1. The number of hydrogen-bond donors (Lipinski definition) is 4. The number of rotatable bonds is 14. The van der Waals surface area contributed by atoms with Gasteiger partial charge in [-0.2, -0.15) is 0 Å². The second kappa shape index (κ2) is 15.9. The molecule has 0 bridgehead atoms. The average Bonchev–Trinajstić information content (AvgIpc) is 3.42. The van der Waals surface area contributed by atoms with Crippen molar-refractivity contribution in [1.82, 2.24) is 20.2 Å². The third kappa shape index (κ3) is 10.5. The molecule has 15 nitrogen and oxygen atoms in total. The standard InChI is InChI=1S/C31H46N6O9/c1-19(2)13-27(38)28(39)23(14-20-9-7-6-8-10-20)33-29(40)24(34-30(41)46-31(3,4)5)15-22-17-32-18-35(22)25-12-11-21(36(42)43)16-26(25)37(44)45/h11-12,16-20,23-24,27-28,38-39H,6-10,13-15H2,1-5H3,(H,33,40)(H,34,41)/t23-,24-,27-,28+/m0/s1. The number of ether oxygens (including phenoxy) is 1. The highest BCUT2D eigenvalue weighted by molar-refractivity contribution is 5.86. The number of hydrogen-bond acceptors (Lipinski definition) is 10. The van der Waals surface area contributed by atoms with Crippen LogP contribution < -0.4 is 10.6 Å². The average molecular weight is 647 g/mol. The molecule has 1 aromatic heterocycles. The first-order valence-electron chi connectivity index (χ1n) is 15.7. The van der Waals surface area contributed by atoms with Crippen molar-refractivity contribution in [2.75, 3.05) is 0 Å². The molecule has 0 radical (unpaired) electrons. The summed E-state index contributed by atoms with van der Waals surface area (Å²) in [4.78, 5) is 52.5. The normalized spacial score (nSPS) is 16.7. The van der Waals surface area contributed by atoms with Gasteiger partial charge < -0.3 is 25.6 Å². The van der Waals surface area contributed by atoms with E-state index in [0.29, 0.717) is 12.8 Å². The lowest BCUT2D eigenvalue weighted by Crippen LogP contribution is -2.56. The Morgan fingerprint density at radius 1 is 1.09 bits per heavy atom. The molecular formula is C31H46N6O9. The van der Waals surface area contributed by atoms with Crippen molar-refractivity contribution in [3.63, 3.8) is 0 Å². The van der Waals surface area contributed by atoms with E-state index in [1.807, 2.05) is 13.8 Å². The smallest absolute Gasteiger partial charge is 0.408 e. The Bertz CT molecular complexity index is 1370. The Labute approximate surface area is 268 Å². The number of nitro groups is 2. The van der Waals surface area contributed by atoms with Crippen LogP contribution in [0, 0.1) is 32.1 Å². The van der Waals surface area contributed by atoms with Crippen LogP contribution in [0.4, 0.5) is 16.2 Å². The zero-order chi connectivity index (χ0) is 34.2. The van der Waals surface area contributed by atoms with Crippen molar-refractivity contribution < 1.29 is 34.4 Å². The summed E-state index contributed by atoms with van der Waals surface area (Å²) in [5, 5.41) is 50.6. The second-order valence-corrected chi connectivity index (χ2v) is 13.4. The molecule has 4 atom stereocenters. The van der Waals surface area contributed by atoms with Crippen molar-refractivity contribution in [3.8, 4) is 5.69 Å². The van der Waals surface area contributed by atoms with E-state index in [1.165, 1.54) is 23.2 Å². The predicted octanol–water partition coefficient (Wildman–Crippen LogP) is 4.35. The van der Waals surface area contributed by atoms with Gasteiger partial charge in [0.15, 0.2) is 0 Å². The van der Waals surface area contributed by atoms with Crippen LogP contribution >= 0.6 is 0 Å². The van der Waals surface area contributed by atoms with Crippen LogP contribution in [0.3, 0.4) is 0 Å². The zero-order valence-electron chi connectivity index (χ0n) is 27.0. The minimum absolute atomic E-state index is 0.0260. The highest BCUT2D eigenvalue weighted by Crippen LogP contribution is 2.30. The SMILES string of the molecule is CC(C)C[C@H](O)[C@H](O)[C@H](CC1CCCCC1)NC(=O)[C@H](Cc1cncn1-c1ccc([N+](=O)[O-])cc1[N+](=O)[O-])NC(=O)OC(C)(C)C. The van der Waals surface area contributed by atoms with Gasteiger partial charge in [-0.1, -0.05) is 46.0 Å². The lowest BCUT2D eigenvalue weighted by molar-refractivity contribution is -0.394. The number of aromatic nitrogens is 2. The topological polar surface area (TPSA) is 212 Å². The molecule has 2 amide bonds. The molecule has 2 aromatic rings. The molecule has 1 aliphatic rings. The zero-order valence-corrected chi connectivity index (χ0v) is 27.0. The minimum Gasteiger partial charge on any atom is -0.444 e. The van der Waals surface area contributed by atoms with Gasteiger partial charge in [-0.05, 0) is 51.5 Å². The van der Waals surface area contributed by atoms with Crippen LogP contribution in [0.2, 0.25) is 0 Å². The fourth-order valence-electron chi connectivity index (χ4n) is 5.77. The summed E-state index contributed by atoms with van der Waals surface area (Å²) in [6.07, 6.45) is 5.02. The number of carbonyl (C=O) groups excluding carboxylic acids is 2. The molecular weight excluding hydrogens is 600 g/mol. The summed E-state index contributed by atoms with van der Waals surface area (Å²) >= 11 is 0. The van der Waals surface area contributed by atoms with Crippen molar-refractivity contribution in [3.05, 3.63) is 56.6 Å². The van der Waals surface area contributed by atoms with E-state index >= 15 is 0 Å². The molecule has 0 unspecified atom stereocenters. The van der Waals surface area contributed by atoms with Gasteiger partial charge in [-0.3, -0.25) is 29.6 Å². The number of non-ortho nitro benzene ring substituents is 1. The minimum atomic E-state index is -1.29. The number of nitrogens with one attached hydrogen (secondary N) is 2. The summed E-state index contributed by atoms with van der Waals surface area (Å²) in [6.45, 7) is 8.83. The van der Waals surface area contributed by atoms with Crippen LogP contribution in [0.5, 0.6) is 0 Å². The van der Waals surface area contributed by atoms with Gasteiger partial charge >= 0.3 is 6.09 Å². The largest absolute Gasteiger partial charge is 0.444 e. The number of nitro benzene ring substituents is 2. The quantitative estimate of drug-likeness (QED) is 0.168. The maximum absolute atomic E-state index is 13.9. The van der Waals surface area contributed by atoms with Crippen LogP contribution in [0.15, 0.2) is 30.7 Å². The summed E-state index contributed by atoms with van der Waals surface area (Å²) < 4.78 is 6.72. The van der Waals surface area contributed by atoms with Crippen LogP contribution in [0.1, 0.15) is 85.3 Å². The van der Waals surface area contributed by atoms with Crippen molar-refractivity contribution >= 4 is 23.4 Å². The fraction of sp³-hybridized carbons (Fsp3) is 0.645. The van der Waals surface area contributed by atoms with E-state index in [9.17, 15) is 40.0 Å². The number of nitrogens with zero attached hydrogens (tertiary/aromatic N) is 4. The molecule has 0 saturated heterocycles. The van der Waals surface area contributed by atoms with Gasteiger partial charge in [0.2, 0.25) is 5.91 Å². The number of aliphatic hydroxyl groups excluding tert-OH is 2. The number of amides is 2. The van der Waals surface area contributed by atoms with E-state index in [1.54, 1.807) is 20.8 Å². The lowest BCUT2D eigenvalue weighted by Gasteiger charge is -2.33. The molecule has 4 N–H and O–H groups in total. The molecule has 46 heavy (non-hydrogen) atoms. The van der Waals surface area contributed by atoms with Crippen LogP contribution in [-0.4, -0.2) is 71.5 Å². The highest BCUT2D eigenvalue weighted by atomic mass is 16.6. The van der Waals surface area contributed by atoms with Crippen molar-refractivity contribution in [2.24, 2.45) is 11.8 Å². The predicted molar refractivity (Wildman–Crippen MR) is 168 cm³/mol. The molecule has 1 aliphatic carbocycles. The molecule has 15 heteroatoms. The van der Waals surface area contributed by atoms with Gasteiger partial charge in [0.1, 0.15) is 23.4 Å². The Morgan fingerprint density at radius 3 is 2.35 bits per heavy atom. The van der Waals surface area contributed by atoms with E-state index in [-0.39, 0.29) is 29.6 Å². The first kappa shape index (κ1) is 36.4. The number of carbonyl (C=O) groups is 2. The Hall–Kier alpha value is -4.11. The highest BCUT2D eigenvalue weighted by Gasteiger charge is 2.34. The van der Waals surface area contributed by atoms with Gasteiger partial charge in [0, 0.05) is 24.4 Å².